The molecular weight excluding hydrogens is 428 g/mol. The van der Waals surface area contributed by atoms with Crippen molar-refractivity contribution >= 4 is 29.5 Å². The maximum atomic E-state index is 13.6. The Hall–Kier alpha value is -3.85. The molecule has 2 aromatic carbocycles. The molecule has 0 aliphatic rings. The van der Waals surface area contributed by atoms with Crippen molar-refractivity contribution in [3.8, 4) is 11.1 Å². The van der Waals surface area contributed by atoms with Gasteiger partial charge in [0.15, 0.2) is 11.6 Å². The molecule has 0 unspecified atom stereocenters. The lowest BCUT2D eigenvalue weighted by molar-refractivity contribution is -0.131. The fourth-order valence-corrected chi connectivity index (χ4v) is 3.07. The molecule has 1 heterocycles. The summed E-state index contributed by atoms with van der Waals surface area (Å²) in [5.74, 6) is -2.14. The van der Waals surface area contributed by atoms with Gasteiger partial charge < -0.3 is 20.6 Å². The molecule has 172 valence electrons. The standard InChI is InChI=1S/C24H25F2N5O2/c1-31(2)12-4-11-27-23-19(17-6-3-5-16(13-17)7-10-22(32)33)15-28-24(30-23)29-18-8-9-20(25)21(26)14-18/h3,5-10,13-15H,4,11-12H2,1-2H3,(H,32,33)(H2,27,28,29,30). The van der Waals surface area contributed by atoms with Crippen LogP contribution < -0.4 is 10.6 Å². The predicted octanol–water partition coefficient (Wildman–Crippen LogP) is 4.63. The van der Waals surface area contributed by atoms with Crippen LogP contribution in [-0.2, 0) is 4.79 Å². The van der Waals surface area contributed by atoms with Gasteiger partial charge in [0.1, 0.15) is 5.82 Å². The molecule has 0 spiro atoms. The van der Waals surface area contributed by atoms with Crippen LogP contribution in [0.4, 0.5) is 26.2 Å². The number of hydrogen-bond acceptors (Lipinski definition) is 6. The van der Waals surface area contributed by atoms with Gasteiger partial charge in [-0.15, -0.1) is 0 Å². The summed E-state index contributed by atoms with van der Waals surface area (Å²) in [4.78, 5) is 21.8. The summed E-state index contributed by atoms with van der Waals surface area (Å²) in [6.45, 7) is 1.55. The number of halogens is 2. The van der Waals surface area contributed by atoms with Crippen molar-refractivity contribution in [3.05, 3.63) is 71.9 Å². The van der Waals surface area contributed by atoms with Crippen LogP contribution in [0.3, 0.4) is 0 Å². The van der Waals surface area contributed by atoms with Crippen LogP contribution >= 0.6 is 0 Å². The Morgan fingerprint density at radius 3 is 2.70 bits per heavy atom. The third-order valence-corrected chi connectivity index (χ3v) is 4.66. The van der Waals surface area contributed by atoms with Gasteiger partial charge in [0.05, 0.1) is 0 Å². The van der Waals surface area contributed by atoms with Gasteiger partial charge in [0, 0.05) is 36.1 Å². The Bertz CT molecular complexity index is 1150. The Labute approximate surface area is 190 Å². The largest absolute Gasteiger partial charge is 0.478 e. The van der Waals surface area contributed by atoms with Crippen LogP contribution in [0.15, 0.2) is 54.7 Å². The smallest absolute Gasteiger partial charge is 0.328 e. The maximum absolute atomic E-state index is 13.6. The van der Waals surface area contributed by atoms with E-state index in [2.05, 4.69) is 25.5 Å². The molecule has 0 radical (unpaired) electrons. The molecule has 0 aliphatic heterocycles. The highest BCUT2D eigenvalue weighted by Crippen LogP contribution is 2.29. The molecule has 3 rings (SSSR count). The molecule has 0 aliphatic carbocycles. The molecule has 3 aromatic rings. The number of nitrogens with one attached hydrogen (secondary N) is 2. The minimum Gasteiger partial charge on any atom is -0.478 e. The van der Waals surface area contributed by atoms with Gasteiger partial charge in [-0.25, -0.2) is 18.6 Å². The van der Waals surface area contributed by atoms with E-state index in [9.17, 15) is 13.6 Å². The number of benzene rings is 2. The van der Waals surface area contributed by atoms with E-state index in [1.807, 2.05) is 32.3 Å². The highest BCUT2D eigenvalue weighted by Gasteiger charge is 2.11. The topological polar surface area (TPSA) is 90.4 Å². The number of carbonyl (C=O) groups is 1. The molecule has 9 heteroatoms. The molecule has 0 atom stereocenters. The molecule has 0 amide bonds. The number of anilines is 3. The highest BCUT2D eigenvalue weighted by atomic mass is 19.2. The van der Waals surface area contributed by atoms with E-state index in [-0.39, 0.29) is 5.95 Å². The van der Waals surface area contributed by atoms with Gasteiger partial charge in [0.25, 0.3) is 0 Å². The van der Waals surface area contributed by atoms with Crippen molar-refractivity contribution in [2.75, 3.05) is 37.8 Å². The number of nitrogens with zero attached hydrogens (tertiary/aromatic N) is 3. The maximum Gasteiger partial charge on any atom is 0.328 e. The second-order valence-electron chi connectivity index (χ2n) is 7.59. The second-order valence-corrected chi connectivity index (χ2v) is 7.59. The summed E-state index contributed by atoms with van der Waals surface area (Å²) in [5, 5.41) is 15.1. The fourth-order valence-electron chi connectivity index (χ4n) is 3.07. The van der Waals surface area contributed by atoms with E-state index in [0.717, 1.165) is 47.9 Å². The lowest BCUT2D eigenvalue weighted by Gasteiger charge is -2.15. The molecule has 0 bridgehead atoms. The first-order chi connectivity index (χ1) is 15.8. The second kappa shape index (κ2) is 11.1. The van der Waals surface area contributed by atoms with Crippen molar-refractivity contribution in [1.82, 2.24) is 14.9 Å². The molecule has 0 fully saturated rings. The van der Waals surface area contributed by atoms with E-state index in [0.29, 0.717) is 18.1 Å². The van der Waals surface area contributed by atoms with Gasteiger partial charge in [-0.3, -0.25) is 0 Å². The zero-order valence-electron chi connectivity index (χ0n) is 18.3. The Morgan fingerprint density at radius 2 is 1.97 bits per heavy atom. The van der Waals surface area contributed by atoms with Gasteiger partial charge >= 0.3 is 5.97 Å². The Kier molecular flexibility index (Phi) is 8.04. The number of aliphatic carboxylic acids is 1. The quantitative estimate of drug-likeness (QED) is 0.305. The van der Waals surface area contributed by atoms with Gasteiger partial charge in [-0.05, 0) is 62.5 Å². The van der Waals surface area contributed by atoms with E-state index in [4.69, 9.17) is 5.11 Å². The molecule has 3 N–H and O–H groups in total. The van der Waals surface area contributed by atoms with Crippen LogP contribution in [0.25, 0.3) is 17.2 Å². The van der Waals surface area contributed by atoms with E-state index in [1.54, 1.807) is 12.3 Å². The molecule has 1 aromatic heterocycles. The summed E-state index contributed by atoms with van der Waals surface area (Å²) in [6.07, 6.45) is 5.09. The minimum atomic E-state index is -1.03. The summed E-state index contributed by atoms with van der Waals surface area (Å²) in [5.41, 5.74) is 2.57. The fraction of sp³-hybridized carbons (Fsp3) is 0.208. The van der Waals surface area contributed by atoms with E-state index < -0.39 is 17.6 Å². The monoisotopic (exact) mass is 453 g/mol. The summed E-state index contributed by atoms with van der Waals surface area (Å²) in [6, 6.07) is 10.8. The average molecular weight is 453 g/mol. The Morgan fingerprint density at radius 1 is 1.15 bits per heavy atom. The number of rotatable bonds is 10. The van der Waals surface area contributed by atoms with Gasteiger partial charge in [-0.1, -0.05) is 18.2 Å². The number of aromatic nitrogens is 2. The van der Waals surface area contributed by atoms with Crippen molar-refractivity contribution in [3.63, 3.8) is 0 Å². The van der Waals surface area contributed by atoms with Crippen LogP contribution in [-0.4, -0.2) is 53.1 Å². The average Bonchev–Trinajstić information content (AvgIpc) is 2.78. The van der Waals surface area contributed by atoms with Crippen LogP contribution in [0.1, 0.15) is 12.0 Å². The van der Waals surface area contributed by atoms with Crippen molar-refractivity contribution in [1.29, 1.82) is 0 Å². The zero-order chi connectivity index (χ0) is 23.8. The third kappa shape index (κ3) is 7.08. The van der Waals surface area contributed by atoms with E-state index >= 15 is 0 Å². The Balaban J connectivity index is 1.90. The van der Waals surface area contributed by atoms with Gasteiger partial charge in [-0.2, -0.15) is 4.98 Å². The van der Waals surface area contributed by atoms with E-state index in [1.165, 1.54) is 12.1 Å². The highest BCUT2D eigenvalue weighted by molar-refractivity contribution is 5.86. The van der Waals surface area contributed by atoms with Gasteiger partial charge in [0.2, 0.25) is 5.95 Å². The first kappa shape index (κ1) is 23.8. The lowest BCUT2D eigenvalue weighted by Crippen LogP contribution is -2.17. The molecule has 0 saturated carbocycles. The molecular formula is C24H25F2N5O2. The molecule has 0 saturated heterocycles. The molecule has 33 heavy (non-hydrogen) atoms. The normalized spacial score (nSPS) is 11.2. The van der Waals surface area contributed by atoms with Crippen LogP contribution in [0.2, 0.25) is 0 Å². The van der Waals surface area contributed by atoms with Crippen molar-refractivity contribution in [2.45, 2.75) is 6.42 Å². The lowest BCUT2D eigenvalue weighted by atomic mass is 10.0. The number of carboxylic acid groups (broad SMARTS) is 1. The predicted molar refractivity (Wildman–Crippen MR) is 125 cm³/mol. The summed E-state index contributed by atoms with van der Waals surface area (Å²) < 4.78 is 26.8. The first-order valence-electron chi connectivity index (χ1n) is 10.3. The zero-order valence-corrected chi connectivity index (χ0v) is 18.3. The summed E-state index contributed by atoms with van der Waals surface area (Å²) >= 11 is 0. The number of hydrogen-bond donors (Lipinski definition) is 3. The summed E-state index contributed by atoms with van der Waals surface area (Å²) in [7, 11) is 3.99. The first-order valence-corrected chi connectivity index (χ1v) is 10.3. The van der Waals surface area contributed by atoms with Crippen molar-refractivity contribution in [2.24, 2.45) is 0 Å². The number of carboxylic acids is 1. The minimum absolute atomic E-state index is 0.224. The van der Waals surface area contributed by atoms with Crippen LogP contribution in [0, 0.1) is 11.6 Å². The third-order valence-electron chi connectivity index (χ3n) is 4.66. The SMILES string of the molecule is CN(C)CCCNc1nc(Nc2ccc(F)c(F)c2)ncc1-c1cccc(C=CC(=O)O)c1. The van der Waals surface area contributed by atoms with Crippen molar-refractivity contribution < 1.29 is 18.7 Å². The van der Waals surface area contributed by atoms with Crippen LogP contribution in [0.5, 0.6) is 0 Å². The molecule has 7 nitrogen and oxygen atoms in total.